The smallest absolute Gasteiger partial charge is 0.269 e. The van der Waals surface area contributed by atoms with Crippen LogP contribution in [0.2, 0.25) is 0 Å². The lowest BCUT2D eigenvalue weighted by Crippen LogP contribution is -2.40. The summed E-state index contributed by atoms with van der Waals surface area (Å²) in [6.45, 7) is 0.603. The van der Waals surface area contributed by atoms with Crippen molar-refractivity contribution in [2.45, 2.75) is 49.6 Å². The molecule has 30 heavy (non-hydrogen) atoms. The Bertz CT molecular complexity index is 1010. The van der Waals surface area contributed by atoms with Crippen LogP contribution in [0, 0.1) is 0 Å². The number of carbonyl (C=O) groups is 1. The average molecular weight is 436 g/mol. The Balaban J connectivity index is 1.49. The zero-order chi connectivity index (χ0) is 20.5. The molecular formula is C24H25N3OS2. The van der Waals surface area contributed by atoms with Crippen LogP contribution < -0.4 is 4.90 Å². The topological polar surface area (TPSA) is 35.9 Å². The van der Waals surface area contributed by atoms with E-state index in [-0.39, 0.29) is 11.9 Å². The van der Waals surface area contributed by atoms with Crippen LogP contribution in [0.15, 0.2) is 74.4 Å². The molecular weight excluding hydrogens is 410 g/mol. The van der Waals surface area contributed by atoms with Gasteiger partial charge in [0.2, 0.25) is 0 Å². The van der Waals surface area contributed by atoms with Crippen molar-refractivity contribution < 1.29 is 4.79 Å². The van der Waals surface area contributed by atoms with Crippen molar-refractivity contribution in [3.63, 3.8) is 0 Å². The second-order valence-electron chi connectivity index (χ2n) is 7.92. The summed E-state index contributed by atoms with van der Waals surface area (Å²) in [5, 5.41) is 1.89. The van der Waals surface area contributed by atoms with Gasteiger partial charge in [0.1, 0.15) is 4.91 Å². The number of fused-ring (bicyclic) bond motifs is 1. The zero-order valence-corrected chi connectivity index (χ0v) is 18.7. The standard InChI is InChI=1S/C24H25N3OS2/c1-26-19-14-8-9-15-20(19)29-23(26)21-22(28)27(18-12-6-3-7-13-18)24(30-21)25-16-17-10-4-2-5-11-17/h2,4-5,8-11,14-15,18H,3,6-7,12-13,16H2,1H3/b23-21-,25-24?. The summed E-state index contributed by atoms with van der Waals surface area (Å²) in [6, 6.07) is 18.9. The minimum absolute atomic E-state index is 0.126. The second kappa shape index (κ2) is 8.52. The first-order chi connectivity index (χ1) is 14.7. The van der Waals surface area contributed by atoms with E-state index >= 15 is 0 Å². The highest BCUT2D eigenvalue weighted by atomic mass is 32.2. The first-order valence-electron chi connectivity index (χ1n) is 10.6. The molecule has 0 N–H and O–H groups in total. The lowest BCUT2D eigenvalue weighted by molar-refractivity contribution is -0.124. The van der Waals surface area contributed by atoms with Crippen molar-refractivity contribution in [1.82, 2.24) is 4.90 Å². The molecule has 2 heterocycles. The molecule has 154 valence electrons. The van der Waals surface area contributed by atoms with Gasteiger partial charge >= 0.3 is 0 Å². The minimum atomic E-state index is 0.126. The highest BCUT2D eigenvalue weighted by Gasteiger charge is 2.42. The minimum Gasteiger partial charge on any atom is -0.337 e. The Morgan fingerprint density at radius 1 is 0.967 bits per heavy atom. The number of amidine groups is 1. The molecule has 3 aliphatic rings. The predicted molar refractivity (Wildman–Crippen MR) is 127 cm³/mol. The number of para-hydroxylation sites is 1. The third kappa shape index (κ3) is 3.67. The van der Waals surface area contributed by atoms with Crippen LogP contribution in [0.5, 0.6) is 0 Å². The molecule has 2 aliphatic heterocycles. The maximum Gasteiger partial charge on any atom is 0.269 e. The number of aliphatic imine (C=N–C) groups is 1. The highest BCUT2D eigenvalue weighted by molar-refractivity contribution is 8.19. The SMILES string of the molecule is CN1/C(=C2/SC(=NCc3ccccc3)N(C3CCCCC3)C2=O)Sc2ccccc21. The molecule has 2 aromatic rings. The Kier molecular flexibility index (Phi) is 5.61. The first kappa shape index (κ1) is 19.8. The lowest BCUT2D eigenvalue weighted by atomic mass is 9.94. The van der Waals surface area contributed by atoms with Gasteiger partial charge in [-0.1, -0.05) is 73.5 Å². The number of anilines is 1. The number of rotatable bonds is 3. The summed E-state index contributed by atoms with van der Waals surface area (Å²) in [7, 11) is 2.05. The van der Waals surface area contributed by atoms with Crippen molar-refractivity contribution in [2.24, 2.45) is 4.99 Å². The molecule has 1 saturated heterocycles. The number of carbonyl (C=O) groups excluding carboxylic acids is 1. The van der Waals surface area contributed by atoms with Crippen molar-refractivity contribution in [2.75, 3.05) is 11.9 Å². The molecule has 2 aromatic carbocycles. The molecule has 0 spiro atoms. The van der Waals surface area contributed by atoms with Gasteiger partial charge in [0, 0.05) is 18.0 Å². The zero-order valence-electron chi connectivity index (χ0n) is 17.1. The maximum absolute atomic E-state index is 13.6. The molecule has 0 bridgehead atoms. The summed E-state index contributed by atoms with van der Waals surface area (Å²) >= 11 is 3.25. The Hall–Kier alpha value is -2.18. The van der Waals surface area contributed by atoms with Gasteiger partial charge in [0.05, 0.1) is 17.3 Å². The van der Waals surface area contributed by atoms with Crippen LogP contribution in [-0.4, -0.2) is 29.1 Å². The third-order valence-corrected chi connectivity index (χ3v) is 8.37. The van der Waals surface area contributed by atoms with Crippen LogP contribution in [0.3, 0.4) is 0 Å². The quantitative estimate of drug-likeness (QED) is 0.566. The molecule has 0 atom stereocenters. The Morgan fingerprint density at radius 3 is 2.47 bits per heavy atom. The molecule has 0 aromatic heterocycles. The number of amides is 1. The largest absolute Gasteiger partial charge is 0.337 e. The monoisotopic (exact) mass is 435 g/mol. The van der Waals surface area contributed by atoms with E-state index in [0.29, 0.717) is 6.54 Å². The third-order valence-electron chi connectivity index (χ3n) is 5.92. The van der Waals surface area contributed by atoms with Crippen LogP contribution >= 0.6 is 23.5 Å². The number of nitrogens with zero attached hydrogens (tertiary/aromatic N) is 3. The van der Waals surface area contributed by atoms with Crippen molar-refractivity contribution in [1.29, 1.82) is 0 Å². The molecule has 1 amide bonds. The van der Waals surface area contributed by atoms with Crippen molar-refractivity contribution in [3.8, 4) is 0 Å². The number of hydrogen-bond donors (Lipinski definition) is 0. The molecule has 6 heteroatoms. The molecule has 4 nitrogen and oxygen atoms in total. The molecule has 1 aliphatic carbocycles. The summed E-state index contributed by atoms with van der Waals surface area (Å²) in [4.78, 5) is 24.7. The van der Waals surface area contributed by atoms with Crippen LogP contribution in [0.25, 0.3) is 0 Å². The fraction of sp³-hybridized carbons (Fsp3) is 0.333. The van der Waals surface area contributed by atoms with E-state index in [1.54, 1.807) is 23.5 Å². The summed E-state index contributed by atoms with van der Waals surface area (Å²) in [6.07, 6.45) is 5.79. The fourth-order valence-electron chi connectivity index (χ4n) is 4.33. The van der Waals surface area contributed by atoms with Gasteiger partial charge in [-0.3, -0.25) is 14.7 Å². The van der Waals surface area contributed by atoms with E-state index in [4.69, 9.17) is 4.99 Å². The Morgan fingerprint density at radius 2 is 1.70 bits per heavy atom. The predicted octanol–water partition coefficient (Wildman–Crippen LogP) is 5.86. The van der Waals surface area contributed by atoms with E-state index in [2.05, 4.69) is 42.3 Å². The van der Waals surface area contributed by atoms with E-state index in [9.17, 15) is 4.79 Å². The van der Waals surface area contributed by atoms with Gasteiger partial charge in [-0.25, -0.2) is 0 Å². The van der Waals surface area contributed by atoms with Crippen LogP contribution in [-0.2, 0) is 11.3 Å². The van der Waals surface area contributed by atoms with E-state index in [0.717, 1.165) is 33.6 Å². The molecule has 0 radical (unpaired) electrons. The fourth-order valence-corrected chi connectivity index (χ4v) is 6.71. The molecule has 2 fully saturated rings. The van der Waals surface area contributed by atoms with E-state index < -0.39 is 0 Å². The lowest BCUT2D eigenvalue weighted by Gasteiger charge is -2.30. The van der Waals surface area contributed by atoms with Crippen LogP contribution in [0.1, 0.15) is 37.7 Å². The highest BCUT2D eigenvalue weighted by Crippen LogP contribution is 2.50. The van der Waals surface area contributed by atoms with Gasteiger partial charge in [0.15, 0.2) is 5.17 Å². The second-order valence-corrected chi connectivity index (χ2v) is 9.92. The number of hydrogen-bond acceptors (Lipinski definition) is 5. The summed E-state index contributed by atoms with van der Waals surface area (Å²) in [5.41, 5.74) is 2.33. The molecule has 5 rings (SSSR count). The van der Waals surface area contributed by atoms with Gasteiger partial charge < -0.3 is 4.90 Å². The first-order valence-corrected chi connectivity index (χ1v) is 12.2. The van der Waals surface area contributed by atoms with Crippen LogP contribution in [0.4, 0.5) is 5.69 Å². The maximum atomic E-state index is 13.6. The van der Waals surface area contributed by atoms with Gasteiger partial charge in [-0.2, -0.15) is 0 Å². The van der Waals surface area contributed by atoms with Crippen molar-refractivity contribution >= 4 is 40.3 Å². The summed E-state index contributed by atoms with van der Waals surface area (Å²) < 4.78 is 0. The average Bonchev–Trinajstić information content (AvgIpc) is 3.30. The van der Waals surface area contributed by atoms with Gasteiger partial charge in [-0.05, 0) is 42.3 Å². The molecule has 1 saturated carbocycles. The number of benzene rings is 2. The van der Waals surface area contributed by atoms with Crippen molar-refractivity contribution in [3.05, 3.63) is 70.1 Å². The van der Waals surface area contributed by atoms with E-state index in [1.807, 2.05) is 29.2 Å². The number of thioether (sulfide) groups is 2. The normalized spacial score (nSPS) is 23.5. The van der Waals surface area contributed by atoms with Gasteiger partial charge in [-0.15, -0.1) is 0 Å². The summed E-state index contributed by atoms with van der Waals surface area (Å²) in [5.74, 6) is 0.126. The van der Waals surface area contributed by atoms with E-state index in [1.165, 1.54) is 29.7 Å². The molecule has 0 unspecified atom stereocenters. The Labute approximate surface area is 186 Å². The van der Waals surface area contributed by atoms with Gasteiger partial charge in [0.25, 0.3) is 5.91 Å².